The number of hydrogen-bond donors (Lipinski definition) is 1. The fourth-order valence-electron chi connectivity index (χ4n) is 5.04. The first-order valence-corrected chi connectivity index (χ1v) is 13.4. The number of hydrogen-bond acceptors (Lipinski definition) is 7. The minimum absolute atomic E-state index is 0.0896. The zero-order valence-electron chi connectivity index (χ0n) is 20.4. The van der Waals surface area contributed by atoms with Crippen LogP contribution < -0.4 is 5.32 Å². The summed E-state index contributed by atoms with van der Waals surface area (Å²) in [5, 5.41) is 14.4. The smallest absolute Gasteiger partial charge is 0.341 e. The lowest BCUT2D eigenvalue weighted by atomic mass is 9.93. The number of nitrogens with zero attached hydrogens (tertiary/aromatic N) is 2. The fourth-order valence-corrected chi connectivity index (χ4v) is 6.34. The monoisotopic (exact) mass is 513 g/mol. The molecule has 1 fully saturated rings. The van der Waals surface area contributed by atoms with Crippen molar-refractivity contribution in [2.24, 2.45) is 0 Å². The van der Waals surface area contributed by atoms with Crippen molar-refractivity contribution in [3.8, 4) is 0 Å². The summed E-state index contributed by atoms with van der Waals surface area (Å²) in [6.07, 6.45) is 8.32. The number of ether oxygens (including phenoxy) is 1. The normalized spacial score (nSPS) is 15.6. The van der Waals surface area contributed by atoms with E-state index in [1.807, 2.05) is 0 Å². The van der Waals surface area contributed by atoms with Gasteiger partial charge < -0.3 is 15.0 Å². The number of thiophene rings is 1. The van der Waals surface area contributed by atoms with Gasteiger partial charge in [0.1, 0.15) is 11.5 Å². The molecule has 1 saturated carbocycles. The Morgan fingerprint density at radius 3 is 2.44 bits per heavy atom. The number of nitro benzene ring substituents is 1. The Labute approximate surface area is 214 Å². The van der Waals surface area contributed by atoms with Crippen molar-refractivity contribution in [2.45, 2.75) is 70.8 Å². The molecule has 1 aromatic heterocycles. The largest absolute Gasteiger partial charge is 0.462 e. The van der Waals surface area contributed by atoms with E-state index in [4.69, 9.17) is 4.74 Å². The number of anilines is 1. The molecule has 0 unspecified atom stereocenters. The topological polar surface area (TPSA) is 119 Å². The molecular formula is C26H31N3O6S. The van der Waals surface area contributed by atoms with Crippen molar-refractivity contribution in [3.63, 3.8) is 0 Å². The van der Waals surface area contributed by atoms with E-state index < -0.39 is 10.9 Å². The molecule has 0 aliphatic heterocycles. The number of benzene rings is 1. The van der Waals surface area contributed by atoms with Gasteiger partial charge in [-0.3, -0.25) is 19.7 Å². The molecule has 1 heterocycles. The number of nitro groups is 1. The van der Waals surface area contributed by atoms with Crippen molar-refractivity contribution in [2.75, 3.05) is 18.5 Å². The molecule has 2 aromatic rings. The Balaban J connectivity index is 1.56. The highest BCUT2D eigenvalue weighted by atomic mass is 32.1. The number of carbonyl (C=O) groups excluding carboxylic acids is 3. The number of non-ortho nitro benzene ring substituents is 1. The van der Waals surface area contributed by atoms with Crippen molar-refractivity contribution >= 4 is 39.8 Å². The van der Waals surface area contributed by atoms with Gasteiger partial charge in [0.25, 0.3) is 11.6 Å². The van der Waals surface area contributed by atoms with Crippen LogP contribution in [0.1, 0.15) is 83.0 Å². The van der Waals surface area contributed by atoms with Crippen molar-refractivity contribution in [1.29, 1.82) is 0 Å². The average molecular weight is 514 g/mol. The van der Waals surface area contributed by atoms with E-state index in [-0.39, 0.29) is 36.7 Å². The molecule has 1 aromatic carbocycles. The second-order valence-corrected chi connectivity index (χ2v) is 10.3. The molecule has 10 heteroatoms. The number of amides is 2. The number of carbonyl (C=O) groups is 3. The third-order valence-corrected chi connectivity index (χ3v) is 8.03. The zero-order chi connectivity index (χ0) is 25.7. The molecule has 0 radical (unpaired) electrons. The SMILES string of the molecule is CCOC(=O)c1c(NC(=O)CN(C(=O)c2ccc([N+](=O)[O-])cc2)C2CCCCC2)sc2c1CCCC2. The molecule has 0 bridgehead atoms. The molecule has 2 amide bonds. The lowest BCUT2D eigenvalue weighted by Gasteiger charge is -2.34. The lowest BCUT2D eigenvalue weighted by molar-refractivity contribution is -0.384. The number of aryl methyl sites for hydroxylation is 1. The summed E-state index contributed by atoms with van der Waals surface area (Å²) in [4.78, 5) is 52.6. The van der Waals surface area contributed by atoms with Crippen LogP contribution in [0.5, 0.6) is 0 Å². The highest BCUT2D eigenvalue weighted by molar-refractivity contribution is 7.17. The molecular weight excluding hydrogens is 482 g/mol. The van der Waals surface area contributed by atoms with Crippen LogP contribution in [0.15, 0.2) is 24.3 Å². The van der Waals surface area contributed by atoms with Crippen LogP contribution in [0.4, 0.5) is 10.7 Å². The first kappa shape index (κ1) is 25.8. The van der Waals surface area contributed by atoms with Gasteiger partial charge in [0, 0.05) is 28.6 Å². The van der Waals surface area contributed by atoms with Gasteiger partial charge in [-0.2, -0.15) is 0 Å². The number of nitrogens with one attached hydrogen (secondary N) is 1. The van der Waals surface area contributed by atoms with Gasteiger partial charge in [0.2, 0.25) is 5.91 Å². The first-order valence-electron chi connectivity index (χ1n) is 12.6. The molecule has 0 atom stereocenters. The number of fused-ring (bicyclic) bond motifs is 1. The Bertz CT molecular complexity index is 1140. The highest BCUT2D eigenvalue weighted by Gasteiger charge is 2.31. The molecule has 0 saturated heterocycles. The summed E-state index contributed by atoms with van der Waals surface area (Å²) in [5.41, 5.74) is 1.61. The summed E-state index contributed by atoms with van der Waals surface area (Å²) in [7, 11) is 0. The van der Waals surface area contributed by atoms with E-state index in [0.29, 0.717) is 16.1 Å². The summed E-state index contributed by atoms with van der Waals surface area (Å²) in [6.45, 7) is 1.84. The maximum absolute atomic E-state index is 13.4. The molecule has 2 aliphatic carbocycles. The van der Waals surface area contributed by atoms with Crippen LogP contribution in [0.3, 0.4) is 0 Å². The second-order valence-electron chi connectivity index (χ2n) is 9.21. The van der Waals surface area contributed by atoms with Crippen LogP contribution in [-0.2, 0) is 22.4 Å². The molecule has 4 rings (SSSR count). The molecule has 9 nitrogen and oxygen atoms in total. The van der Waals surface area contributed by atoms with Gasteiger partial charge >= 0.3 is 5.97 Å². The predicted molar refractivity (Wildman–Crippen MR) is 137 cm³/mol. The summed E-state index contributed by atoms with van der Waals surface area (Å²) in [6, 6.07) is 5.37. The van der Waals surface area contributed by atoms with Crippen LogP contribution in [0, 0.1) is 10.1 Å². The maximum Gasteiger partial charge on any atom is 0.341 e. The zero-order valence-corrected chi connectivity index (χ0v) is 21.2. The number of esters is 1. The van der Waals surface area contributed by atoms with E-state index >= 15 is 0 Å². The Kier molecular flexibility index (Phi) is 8.35. The Morgan fingerprint density at radius 2 is 1.78 bits per heavy atom. The van der Waals surface area contributed by atoms with E-state index in [1.54, 1.807) is 11.8 Å². The molecule has 2 aliphatic rings. The Hall–Kier alpha value is -3.27. The number of rotatable bonds is 8. The summed E-state index contributed by atoms with van der Waals surface area (Å²) >= 11 is 1.42. The van der Waals surface area contributed by atoms with Crippen LogP contribution >= 0.6 is 11.3 Å². The van der Waals surface area contributed by atoms with Gasteiger partial charge in [0.15, 0.2) is 0 Å². The molecule has 1 N–H and O–H groups in total. The highest BCUT2D eigenvalue weighted by Crippen LogP contribution is 2.38. The first-order chi connectivity index (χ1) is 17.4. The van der Waals surface area contributed by atoms with Crippen molar-refractivity contribution in [3.05, 3.63) is 55.9 Å². The molecule has 192 valence electrons. The molecule has 0 spiro atoms. The van der Waals surface area contributed by atoms with Crippen LogP contribution in [0.2, 0.25) is 0 Å². The predicted octanol–water partition coefficient (Wildman–Crippen LogP) is 5.13. The van der Waals surface area contributed by atoms with Crippen molar-refractivity contribution < 1.29 is 24.0 Å². The van der Waals surface area contributed by atoms with Gasteiger partial charge in [-0.05, 0) is 63.1 Å². The lowest BCUT2D eigenvalue weighted by Crippen LogP contribution is -2.45. The minimum atomic E-state index is -0.512. The van der Waals surface area contributed by atoms with Crippen LogP contribution in [-0.4, -0.2) is 46.8 Å². The van der Waals surface area contributed by atoms with E-state index in [2.05, 4.69) is 5.32 Å². The third kappa shape index (κ3) is 5.75. The van der Waals surface area contributed by atoms with E-state index in [1.165, 1.54) is 35.6 Å². The van der Waals surface area contributed by atoms with Gasteiger partial charge in [-0.25, -0.2) is 4.79 Å². The van der Waals surface area contributed by atoms with Gasteiger partial charge in [-0.15, -0.1) is 11.3 Å². The average Bonchev–Trinajstić information content (AvgIpc) is 3.25. The molecule has 36 heavy (non-hydrogen) atoms. The quantitative estimate of drug-likeness (QED) is 0.297. The fraction of sp³-hybridized carbons (Fsp3) is 0.500. The van der Waals surface area contributed by atoms with Gasteiger partial charge in [-0.1, -0.05) is 19.3 Å². The van der Waals surface area contributed by atoms with Gasteiger partial charge in [0.05, 0.1) is 17.1 Å². The summed E-state index contributed by atoms with van der Waals surface area (Å²) < 4.78 is 5.28. The summed E-state index contributed by atoms with van der Waals surface area (Å²) in [5.74, 6) is -1.14. The Morgan fingerprint density at radius 1 is 1.08 bits per heavy atom. The second kappa shape index (κ2) is 11.6. The third-order valence-electron chi connectivity index (χ3n) is 6.82. The van der Waals surface area contributed by atoms with E-state index in [9.17, 15) is 24.5 Å². The minimum Gasteiger partial charge on any atom is -0.462 e. The standard InChI is InChI=1S/C26H31N3O6S/c1-2-35-26(32)23-20-10-6-7-11-21(20)36-24(23)27-22(30)16-28(18-8-4-3-5-9-18)25(31)17-12-14-19(15-13-17)29(33)34/h12-15,18H,2-11,16H2,1H3,(H,27,30). The van der Waals surface area contributed by atoms with E-state index in [0.717, 1.165) is 68.2 Å². The van der Waals surface area contributed by atoms with Crippen molar-refractivity contribution in [1.82, 2.24) is 4.90 Å². The maximum atomic E-state index is 13.4. The van der Waals surface area contributed by atoms with Crippen LogP contribution in [0.25, 0.3) is 0 Å².